The van der Waals surface area contributed by atoms with Gasteiger partial charge in [0.1, 0.15) is 0 Å². The van der Waals surface area contributed by atoms with Crippen molar-refractivity contribution in [2.75, 3.05) is 12.3 Å². The van der Waals surface area contributed by atoms with Gasteiger partial charge in [0.25, 0.3) is 0 Å². The molecule has 1 amide bonds. The lowest BCUT2D eigenvalue weighted by Crippen LogP contribution is -2.41. The lowest BCUT2D eigenvalue weighted by molar-refractivity contribution is -0.129. The highest BCUT2D eigenvalue weighted by atomic mass is 32.2. The largest absolute Gasteiger partial charge is 0.331 e. The van der Waals surface area contributed by atoms with Crippen molar-refractivity contribution in [3.8, 4) is 0 Å². The molecular weight excluding hydrogens is 326 g/mol. The topological polar surface area (TPSA) is 79.4 Å². The zero-order valence-electron chi connectivity index (χ0n) is 13.6. The van der Waals surface area contributed by atoms with Gasteiger partial charge < -0.3 is 10.2 Å². The van der Waals surface area contributed by atoms with Crippen LogP contribution in [0.5, 0.6) is 0 Å². The first-order chi connectivity index (χ1) is 11.6. The molecule has 24 heavy (non-hydrogen) atoms. The highest BCUT2D eigenvalue weighted by Crippen LogP contribution is 2.41. The summed E-state index contributed by atoms with van der Waals surface area (Å²) in [7, 11) is -2.97. The van der Waals surface area contributed by atoms with Crippen LogP contribution in [0.25, 0.3) is 0 Å². The number of carbonyl (C=O) groups is 1. The normalized spacial score (nSPS) is 32.4. The summed E-state index contributed by atoms with van der Waals surface area (Å²) < 4.78 is 24.1. The Hall–Kier alpha value is -1.47. The van der Waals surface area contributed by atoms with E-state index >= 15 is 0 Å². The molecule has 130 valence electrons. The number of nitrogens with one attached hydrogen (secondary N) is 1. The standard InChI is InChI=1S/C17H23N3O3S/c21-16-9-15(19-11-14-4-2-8-24(14,22)23)17(20(16)13-5-6-13)12-3-1-7-18-10-12/h1,3,7,10,13-15,17,19H,2,4-6,8-9,11H2/t14?,15-,17+/m1/s1. The van der Waals surface area contributed by atoms with Gasteiger partial charge in [0, 0.05) is 37.4 Å². The summed E-state index contributed by atoms with van der Waals surface area (Å²) in [6, 6.07) is 4.15. The van der Waals surface area contributed by atoms with Crippen LogP contribution in [0.1, 0.15) is 43.7 Å². The number of likely N-dealkylation sites (tertiary alicyclic amines) is 1. The molecule has 2 saturated heterocycles. The molecule has 1 aromatic heterocycles. The van der Waals surface area contributed by atoms with Crippen molar-refractivity contribution in [3.05, 3.63) is 30.1 Å². The van der Waals surface area contributed by atoms with Crippen molar-refractivity contribution >= 4 is 15.7 Å². The third-order valence-corrected chi connectivity index (χ3v) is 7.68. The highest BCUT2D eigenvalue weighted by Gasteiger charge is 2.47. The zero-order valence-corrected chi connectivity index (χ0v) is 14.4. The number of rotatable bonds is 5. The van der Waals surface area contributed by atoms with E-state index in [1.54, 1.807) is 6.20 Å². The molecule has 2 aliphatic heterocycles. The van der Waals surface area contributed by atoms with Crippen molar-refractivity contribution in [2.45, 2.75) is 55.5 Å². The number of nitrogens with zero attached hydrogens (tertiary/aromatic N) is 2. The van der Waals surface area contributed by atoms with Gasteiger partial charge in [-0.2, -0.15) is 0 Å². The van der Waals surface area contributed by atoms with E-state index in [1.165, 1.54) is 0 Å². The minimum absolute atomic E-state index is 0.0391. The summed E-state index contributed by atoms with van der Waals surface area (Å²) >= 11 is 0. The molecule has 0 aromatic carbocycles. The van der Waals surface area contributed by atoms with Gasteiger partial charge in [-0.15, -0.1) is 0 Å². The van der Waals surface area contributed by atoms with E-state index in [1.807, 2.05) is 23.2 Å². The van der Waals surface area contributed by atoms with E-state index in [0.29, 0.717) is 24.8 Å². The summed E-state index contributed by atoms with van der Waals surface area (Å²) in [5.74, 6) is 0.460. The average Bonchev–Trinajstić information content (AvgIpc) is 3.26. The molecule has 7 heteroatoms. The fourth-order valence-corrected chi connectivity index (χ4v) is 5.81. The van der Waals surface area contributed by atoms with Crippen molar-refractivity contribution in [1.29, 1.82) is 0 Å². The first-order valence-corrected chi connectivity index (χ1v) is 10.4. The minimum atomic E-state index is -2.97. The van der Waals surface area contributed by atoms with Crippen LogP contribution < -0.4 is 5.32 Å². The number of hydrogen-bond acceptors (Lipinski definition) is 5. The van der Waals surface area contributed by atoms with Crippen LogP contribution in [-0.4, -0.2) is 53.8 Å². The second kappa shape index (κ2) is 6.11. The summed E-state index contributed by atoms with van der Waals surface area (Å²) in [5, 5.41) is 3.09. The molecule has 3 heterocycles. The Morgan fingerprint density at radius 2 is 2.12 bits per heavy atom. The summed E-state index contributed by atoms with van der Waals surface area (Å²) in [5.41, 5.74) is 1.03. The van der Waals surface area contributed by atoms with Crippen molar-refractivity contribution in [1.82, 2.24) is 15.2 Å². The number of pyridine rings is 1. The molecule has 6 nitrogen and oxygen atoms in total. The predicted molar refractivity (Wildman–Crippen MR) is 90.1 cm³/mol. The molecule has 0 radical (unpaired) electrons. The SMILES string of the molecule is O=C1C[C@@H](NCC2CCCS2(=O)=O)[C@H](c2cccnc2)N1C1CC1. The molecule has 3 fully saturated rings. The van der Waals surface area contributed by atoms with Crippen LogP contribution in [0.4, 0.5) is 0 Å². The van der Waals surface area contributed by atoms with Crippen LogP contribution >= 0.6 is 0 Å². The second-order valence-electron chi connectivity index (χ2n) is 7.11. The van der Waals surface area contributed by atoms with Gasteiger partial charge in [0.15, 0.2) is 9.84 Å². The van der Waals surface area contributed by atoms with Crippen LogP contribution in [0, 0.1) is 0 Å². The maximum Gasteiger partial charge on any atom is 0.225 e. The first kappa shape index (κ1) is 16.0. The Balaban J connectivity index is 1.53. The molecule has 4 rings (SSSR count). The number of hydrogen-bond donors (Lipinski definition) is 1. The smallest absolute Gasteiger partial charge is 0.225 e. The van der Waals surface area contributed by atoms with Crippen LogP contribution in [0.15, 0.2) is 24.5 Å². The van der Waals surface area contributed by atoms with Gasteiger partial charge in [0.05, 0.1) is 17.0 Å². The molecule has 1 aromatic rings. The Labute approximate surface area is 142 Å². The summed E-state index contributed by atoms with van der Waals surface area (Å²) in [6.45, 7) is 0.440. The van der Waals surface area contributed by atoms with Gasteiger partial charge in [-0.1, -0.05) is 6.07 Å². The van der Waals surface area contributed by atoms with Gasteiger partial charge in [-0.05, 0) is 37.3 Å². The van der Waals surface area contributed by atoms with Crippen molar-refractivity contribution in [3.63, 3.8) is 0 Å². The number of amides is 1. The average molecular weight is 349 g/mol. The van der Waals surface area contributed by atoms with Crippen LogP contribution in [0.3, 0.4) is 0 Å². The Kier molecular flexibility index (Phi) is 4.08. The van der Waals surface area contributed by atoms with E-state index in [-0.39, 0.29) is 23.2 Å². The van der Waals surface area contributed by atoms with Crippen molar-refractivity contribution < 1.29 is 13.2 Å². The van der Waals surface area contributed by atoms with E-state index in [2.05, 4.69) is 10.3 Å². The lowest BCUT2D eigenvalue weighted by Gasteiger charge is -2.29. The maximum atomic E-state index is 12.5. The highest BCUT2D eigenvalue weighted by molar-refractivity contribution is 7.92. The molecule has 0 spiro atoms. The molecule has 3 atom stereocenters. The monoisotopic (exact) mass is 349 g/mol. The molecular formula is C17H23N3O3S. The van der Waals surface area contributed by atoms with E-state index < -0.39 is 9.84 Å². The molecule has 0 bridgehead atoms. The number of sulfone groups is 1. The number of aromatic nitrogens is 1. The lowest BCUT2D eigenvalue weighted by atomic mass is 10.0. The van der Waals surface area contributed by atoms with E-state index in [9.17, 15) is 13.2 Å². The Morgan fingerprint density at radius 3 is 2.75 bits per heavy atom. The van der Waals surface area contributed by atoms with Gasteiger partial charge in [-0.3, -0.25) is 9.78 Å². The van der Waals surface area contributed by atoms with E-state index in [4.69, 9.17) is 0 Å². The maximum absolute atomic E-state index is 12.5. The van der Waals surface area contributed by atoms with E-state index in [0.717, 1.165) is 31.2 Å². The third kappa shape index (κ3) is 2.95. The number of carbonyl (C=O) groups excluding carboxylic acids is 1. The predicted octanol–water partition coefficient (Wildman–Crippen LogP) is 1.05. The molecule has 1 aliphatic carbocycles. The van der Waals surface area contributed by atoms with Crippen LogP contribution in [-0.2, 0) is 14.6 Å². The minimum Gasteiger partial charge on any atom is -0.331 e. The van der Waals surface area contributed by atoms with Crippen LogP contribution in [0.2, 0.25) is 0 Å². The Bertz CT molecular complexity index is 718. The van der Waals surface area contributed by atoms with Gasteiger partial charge >= 0.3 is 0 Å². The quantitative estimate of drug-likeness (QED) is 0.860. The fraction of sp³-hybridized carbons (Fsp3) is 0.647. The third-order valence-electron chi connectivity index (χ3n) is 5.40. The summed E-state index contributed by atoms with van der Waals surface area (Å²) in [6.07, 6.45) is 7.58. The molecule has 1 unspecified atom stereocenters. The van der Waals surface area contributed by atoms with Gasteiger partial charge in [0.2, 0.25) is 5.91 Å². The molecule has 1 N–H and O–H groups in total. The second-order valence-corrected chi connectivity index (χ2v) is 9.51. The molecule has 1 saturated carbocycles. The Morgan fingerprint density at radius 1 is 1.29 bits per heavy atom. The van der Waals surface area contributed by atoms with Gasteiger partial charge in [-0.25, -0.2) is 8.42 Å². The zero-order chi connectivity index (χ0) is 16.7. The van der Waals surface area contributed by atoms with Crippen molar-refractivity contribution in [2.24, 2.45) is 0 Å². The molecule has 3 aliphatic rings. The fourth-order valence-electron chi connectivity index (χ4n) is 4.04. The first-order valence-electron chi connectivity index (χ1n) is 8.72. The summed E-state index contributed by atoms with van der Waals surface area (Å²) in [4.78, 5) is 18.7.